The molecule has 4 aromatic rings. The summed E-state index contributed by atoms with van der Waals surface area (Å²) in [5, 5.41) is -0.576. The number of nitrogens with two attached hydrogens (primary N) is 2. The van der Waals surface area contributed by atoms with Gasteiger partial charge in [0, 0.05) is 11.4 Å². The van der Waals surface area contributed by atoms with E-state index >= 15 is 4.39 Å². The molecular formula is C21H26FN9O8P2S3. The molecule has 2 aliphatic rings. The van der Waals surface area contributed by atoms with E-state index in [1.165, 1.54) is 29.0 Å². The maximum Gasteiger partial charge on any atom is 0.388 e. The summed E-state index contributed by atoms with van der Waals surface area (Å²) in [5.41, 5.74) is 11.7. The Bertz CT molecular complexity index is 1860. The first-order valence-electron chi connectivity index (χ1n) is 12.9. The average Bonchev–Trinajstić information content (AvgIpc) is 3.66. The van der Waals surface area contributed by atoms with Gasteiger partial charge in [-0.2, -0.15) is 4.98 Å². The SMILES string of the molecule is C[C@@H](O[C@@H]1COP(=O)(S)O[C@@H]2C[C@@H](COP(=O)(S)O[C@H]1F)S[C@H]2n1cnc2c(=O)[nH]c(N)nc21)n1ccc2c(N)ncnc21. The van der Waals surface area contributed by atoms with Crippen molar-refractivity contribution in [3.63, 3.8) is 0 Å². The Labute approximate surface area is 262 Å². The van der Waals surface area contributed by atoms with Gasteiger partial charge in [0.2, 0.25) is 12.3 Å². The molecule has 6 rings (SSSR count). The molecule has 2 saturated heterocycles. The Morgan fingerprint density at radius 1 is 1.16 bits per heavy atom. The lowest BCUT2D eigenvalue weighted by Gasteiger charge is -2.29. The Balaban J connectivity index is 1.27. The zero-order chi connectivity index (χ0) is 31.4. The molecule has 44 heavy (non-hydrogen) atoms. The van der Waals surface area contributed by atoms with Crippen LogP contribution in [0.1, 0.15) is 24.9 Å². The minimum atomic E-state index is -4.29. The fourth-order valence-electron chi connectivity index (χ4n) is 4.84. The maximum absolute atomic E-state index is 15.5. The number of imidazole rings is 1. The van der Waals surface area contributed by atoms with Crippen LogP contribution in [0, 0.1) is 0 Å². The van der Waals surface area contributed by atoms with Crippen LogP contribution >= 0.6 is 49.9 Å². The Morgan fingerprint density at radius 3 is 2.70 bits per heavy atom. The van der Waals surface area contributed by atoms with Crippen molar-refractivity contribution in [1.82, 2.24) is 34.1 Å². The van der Waals surface area contributed by atoms with Crippen molar-refractivity contribution >= 4 is 83.8 Å². The van der Waals surface area contributed by atoms with E-state index in [0.29, 0.717) is 11.0 Å². The monoisotopic (exact) mass is 709 g/mol. The number of anilines is 2. The fraction of sp³-hybridized carbons (Fsp3) is 0.476. The largest absolute Gasteiger partial charge is 0.388 e. The standard InChI is InChI=1S/C21H26FN9O8P2S3/c1-9(30-3-2-11-16(23)25-7-26-17(11)30)37-13-6-36-40(33,42)38-12-4-10(5-35-41(34,43)39-15(13)22)44-20(12)31-8-27-14-18(31)28-21(24)29-19(14)32/h2-3,7-10,12-13,15,20H,4-6H2,1H3,(H,33,42)(H,34,43)(H2,23,25,26)(H3,24,28,29,32)/t9-,10+,12-,13-,15-,20-,40?,41?/m1/s1. The molecule has 0 spiro atoms. The molecule has 2 unspecified atom stereocenters. The molecule has 0 aliphatic carbocycles. The van der Waals surface area contributed by atoms with Crippen molar-refractivity contribution in [3.8, 4) is 0 Å². The third-order valence-corrected chi connectivity index (χ3v) is 11.5. The van der Waals surface area contributed by atoms with Crippen LogP contribution in [0.5, 0.6) is 0 Å². The van der Waals surface area contributed by atoms with E-state index < -0.39 is 61.2 Å². The minimum absolute atomic E-state index is 0.0268. The van der Waals surface area contributed by atoms with Crippen molar-refractivity contribution in [3.05, 3.63) is 35.3 Å². The maximum atomic E-state index is 15.5. The number of thiol groups is 2. The predicted octanol–water partition coefficient (Wildman–Crippen LogP) is 3.46. The zero-order valence-corrected chi connectivity index (χ0v) is 27.0. The molecule has 238 valence electrons. The predicted molar refractivity (Wildman–Crippen MR) is 165 cm³/mol. The van der Waals surface area contributed by atoms with E-state index in [0.717, 1.165) is 0 Å². The molecule has 0 amide bonds. The highest BCUT2D eigenvalue weighted by Gasteiger charge is 2.44. The van der Waals surface area contributed by atoms with Gasteiger partial charge < -0.3 is 20.8 Å². The van der Waals surface area contributed by atoms with Crippen molar-refractivity contribution in [2.75, 3.05) is 24.7 Å². The number of fused-ring (bicyclic) bond motifs is 4. The van der Waals surface area contributed by atoms with Crippen LogP contribution in [-0.4, -0.2) is 71.1 Å². The second kappa shape index (κ2) is 12.2. The Kier molecular flexibility index (Phi) is 8.81. The van der Waals surface area contributed by atoms with Crippen LogP contribution in [-0.2, 0) is 32.0 Å². The lowest BCUT2D eigenvalue weighted by atomic mass is 10.2. The summed E-state index contributed by atoms with van der Waals surface area (Å²) in [7, 11) is 0. The van der Waals surface area contributed by atoms with Gasteiger partial charge in [0.15, 0.2) is 11.2 Å². The van der Waals surface area contributed by atoms with Gasteiger partial charge >= 0.3 is 13.6 Å². The number of nitrogen functional groups attached to an aromatic ring is 2. The molecule has 8 atom stereocenters. The first kappa shape index (κ1) is 31.8. The highest BCUT2D eigenvalue weighted by Crippen LogP contribution is 2.61. The number of aromatic nitrogens is 7. The smallest absolute Gasteiger partial charge is 0.383 e. The van der Waals surface area contributed by atoms with E-state index in [1.54, 1.807) is 23.8 Å². The van der Waals surface area contributed by atoms with Gasteiger partial charge in [-0.05, 0) is 19.4 Å². The molecule has 0 radical (unpaired) electrons. The first-order chi connectivity index (χ1) is 20.8. The van der Waals surface area contributed by atoms with Gasteiger partial charge in [0.1, 0.15) is 35.5 Å². The van der Waals surface area contributed by atoms with E-state index in [1.807, 2.05) is 0 Å². The molecule has 23 heteroatoms. The summed E-state index contributed by atoms with van der Waals surface area (Å²) in [6.07, 6.45) is -1.35. The van der Waals surface area contributed by atoms with E-state index in [4.69, 9.17) is 34.3 Å². The fourth-order valence-corrected chi connectivity index (χ4v) is 9.29. The van der Waals surface area contributed by atoms with Crippen molar-refractivity contribution < 1.29 is 36.4 Å². The number of halogens is 1. The van der Waals surface area contributed by atoms with Crippen LogP contribution in [0.3, 0.4) is 0 Å². The molecule has 2 fully saturated rings. The number of aromatic amines is 1. The second-order valence-electron chi connectivity index (χ2n) is 9.78. The lowest BCUT2D eigenvalue weighted by Crippen LogP contribution is -2.34. The number of ether oxygens (including phenoxy) is 1. The third kappa shape index (κ3) is 6.53. The van der Waals surface area contributed by atoms with Crippen LogP contribution in [0.2, 0.25) is 0 Å². The van der Waals surface area contributed by atoms with Gasteiger partial charge in [0.25, 0.3) is 5.56 Å². The molecule has 6 heterocycles. The van der Waals surface area contributed by atoms with Gasteiger partial charge in [0.05, 0.1) is 31.0 Å². The molecule has 4 aromatic heterocycles. The van der Waals surface area contributed by atoms with Crippen LogP contribution in [0.25, 0.3) is 22.2 Å². The number of rotatable bonds is 4. The summed E-state index contributed by atoms with van der Waals surface area (Å²) in [6.45, 7) is -7.82. The van der Waals surface area contributed by atoms with Gasteiger partial charge in [-0.25, -0.2) is 28.5 Å². The summed E-state index contributed by atoms with van der Waals surface area (Å²) >= 11 is 9.33. The average molecular weight is 710 g/mol. The minimum Gasteiger partial charge on any atom is -0.383 e. The number of nitrogens with one attached hydrogen (secondary N) is 1. The van der Waals surface area contributed by atoms with Crippen LogP contribution in [0.15, 0.2) is 29.7 Å². The molecule has 0 aromatic carbocycles. The van der Waals surface area contributed by atoms with Gasteiger partial charge in [-0.1, -0.05) is 24.5 Å². The molecule has 2 aliphatic heterocycles. The van der Waals surface area contributed by atoms with Crippen molar-refractivity contribution in [1.29, 1.82) is 0 Å². The number of hydrogen-bond acceptors (Lipinski definition) is 15. The number of nitrogens with zero attached hydrogens (tertiary/aromatic N) is 6. The zero-order valence-electron chi connectivity index (χ0n) is 22.6. The quantitative estimate of drug-likeness (QED) is 0.151. The van der Waals surface area contributed by atoms with Crippen molar-refractivity contribution in [2.24, 2.45) is 0 Å². The molecule has 2 bridgehead atoms. The highest BCUT2D eigenvalue weighted by molar-refractivity contribution is 8.44. The summed E-state index contributed by atoms with van der Waals surface area (Å²) in [6, 6.07) is 1.66. The molecule has 17 nitrogen and oxygen atoms in total. The Hall–Kier alpha value is -2.19. The van der Waals surface area contributed by atoms with Crippen molar-refractivity contribution in [2.45, 2.75) is 48.8 Å². The second-order valence-corrected chi connectivity index (χ2v) is 17.0. The number of hydrogen-bond donors (Lipinski definition) is 5. The van der Waals surface area contributed by atoms with E-state index in [9.17, 15) is 13.9 Å². The van der Waals surface area contributed by atoms with Crippen LogP contribution in [0.4, 0.5) is 16.2 Å². The molecule has 0 saturated carbocycles. The Morgan fingerprint density at radius 2 is 1.91 bits per heavy atom. The summed E-state index contributed by atoms with van der Waals surface area (Å²) in [4.78, 5) is 31.2. The first-order valence-corrected chi connectivity index (χ1v) is 19.2. The van der Waals surface area contributed by atoms with Crippen LogP contribution < -0.4 is 17.0 Å². The van der Waals surface area contributed by atoms with Gasteiger partial charge in [-0.15, -0.1) is 11.8 Å². The third-order valence-electron chi connectivity index (χ3n) is 6.79. The number of alkyl halides is 1. The van der Waals surface area contributed by atoms with E-state index in [2.05, 4.69) is 49.4 Å². The topological polar surface area (TPSA) is 227 Å². The molecular weight excluding hydrogens is 683 g/mol. The normalized spacial score (nSPS) is 32.7. The lowest BCUT2D eigenvalue weighted by molar-refractivity contribution is -0.143. The van der Waals surface area contributed by atoms with E-state index in [-0.39, 0.29) is 36.0 Å². The molecule has 5 N–H and O–H groups in total. The summed E-state index contributed by atoms with van der Waals surface area (Å²) in [5.74, 6) is 0.104. The van der Waals surface area contributed by atoms with Gasteiger partial charge in [-0.3, -0.25) is 32.4 Å². The number of thioether (sulfide) groups is 1. The highest BCUT2D eigenvalue weighted by atomic mass is 32.7. The summed E-state index contributed by atoms with van der Waals surface area (Å²) < 4.78 is 72.9. The number of H-pyrrole nitrogens is 1.